The predicted molar refractivity (Wildman–Crippen MR) is 59.0 cm³/mol. The number of hydrogen-bond donors (Lipinski definition) is 1. The summed E-state index contributed by atoms with van der Waals surface area (Å²) >= 11 is 5.88. The number of halogens is 3. The smallest absolute Gasteiger partial charge is 0.126 e. The second-order valence-electron chi connectivity index (χ2n) is 3.26. The van der Waals surface area contributed by atoms with Crippen molar-refractivity contribution in [3.8, 4) is 11.3 Å². The summed E-state index contributed by atoms with van der Waals surface area (Å²) in [5.41, 5.74) is 6.44. The second-order valence-corrected chi connectivity index (χ2v) is 3.66. The van der Waals surface area contributed by atoms with Crippen LogP contribution in [0.5, 0.6) is 0 Å². The molecule has 0 atom stereocenters. The molecule has 0 aliphatic rings. The third kappa shape index (κ3) is 2.12. The molecule has 0 unspecified atom stereocenters. The number of nitrogens with two attached hydrogens (primary N) is 1. The van der Waals surface area contributed by atoms with Gasteiger partial charge in [-0.25, -0.2) is 8.78 Å². The lowest BCUT2D eigenvalue weighted by Gasteiger charge is -2.04. The molecule has 0 fully saturated rings. The number of pyridine rings is 1. The first-order valence-corrected chi connectivity index (χ1v) is 4.81. The Morgan fingerprint density at radius 3 is 2.25 bits per heavy atom. The van der Waals surface area contributed by atoms with Crippen LogP contribution in [0.25, 0.3) is 11.3 Å². The summed E-state index contributed by atoms with van der Waals surface area (Å²) in [6.45, 7) is 0. The molecule has 1 aromatic carbocycles. The molecule has 0 spiro atoms. The predicted octanol–water partition coefficient (Wildman–Crippen LogP) is 3.26. The Morgan fingerprint density at radius 1 is 1.06 bits per heavy atom. The molecule has 82 valence electrons. The van der Waals surface area contributed by atoms with E-state index >= 15 is 0 Å². The fraction of sp³-hybridized carbons (Fsp3) is 0. The highest BCUT2D eigenvalue weighted by Crippen LogP contribution is 2.28. The van der Waals surface area contributed by atoms with E-state index < -0.39 is 11.6 Å². The van der Waals surface area contributed by atoms with Gasteiger partial charge in [0.25, 0.3) is 0 Å². The minimum Gasteiger partial charge on any atom is -0.397 e. The zero-order valence-electron chi connectivity index (χ0n) is 8.05. The zero-order valence-corrected chi connectivity index (χ0v) is 8.80. The van der Waals surface area contributed by atoms with Crippen LogP contribution < -0.4 is 5.73 Å². The molecule has 0 amide bonds. The fourth-order valence-corrected chi connectivity index (χ4v) is 1.64. The number of aromatic nitrogens is 1. The normalized spacial score (nSPS) is 10.4. The molecule has 0 bridgehead atoms. The van der Waals surface area contributed by atoms with Crippen LogP contribution in [0.15, 0.2) is 30.5 Å². The summed E-state index contributed by atoms with van der Waals surface area (Å²) in [5.74, 6) is -1.35. The fourth-order valence-electron chi connectivity index (χ4n) is 1.36. The third-order valence-electron chi connectivity index (χ3n) is 2.00. The lowest BCUT2D eigenvalue weighted by Crippen LogP contribution is -1.91. The molecule has 0 saturated heterocycles. The molecule has 0 aliphatic heterocycles. The van der Waals surface area contributed by atoms with Crippen LogP contribution >= 0.6 is 11.6 Å². The van der Waals surface area contributed by atoms with Crippen molar-refractivity contribution < 1.29 is 8.78 Å². The Morgan fingerprint density at radius 2 is 1.69 bits per heavy atom. The Bertz CT molecular complexity index is 523. The lowest BCUT2D eigenvalue weighted by molar-refractivity contribution is 0.584. The molecule has 0 radical (unpaired) electrons. The van der Waals surface area contributed by atoms with Gasteiger partial charge in [-0.1, -0.05) is 11.6 Å². The summed E-state index contributed by atoms with van der Waals surface area (Å²) < 4.78 is 26.0. The van der Waals surface area contributed by atoms with Crippen molar-refractivity contribution in [2.45, 2.75) is 0 Å². The number of hydrogen-bond acceptors (Lipinski definition) is 2. The molecule has 16 heavy (non-hydrogen) atoms. The van der Waals surface area contributed by atoms with Crippen LogP contribution in [-0.4, -0.2) is 4.98 Å². The van der Waals surface area contributed by atoms with E-state index in [0.717, 1.165) is 18.2 Å². The average molecular weight is 241 g/mol. The first-order chi connectivity index (χ1) is 7.56. The molecule has 1 heterocycles. The topological polar surface area (TPSA) is 38.9 Å². The van der Waals surface area contributed by atoms with Crippen molar-refractivity contribution in [1.82, 2.24) is 4.98 Å². The van der Waals surface area contributed by atoms with Crippen molar-refractivity contribution in [2.24, 2.45) is 0 Å². The van der Waals surface area contributed by atoms with Crippen LogP contribution in [0.3, 0.4) is 0 Å². The van der Waals surface area contributed by atoms with E-state index in [-0.39, 0.29) is 10.6 Å². The Kier molecular flexibility index (Phi) is 2.75. The van der Waals surface area contributed by atoms with Crippen LogP contribution in [0.4, 0.5) is 14.5 Å². The van der Waals surface area contributed by atoms with Gasteiger partial charge in [0.1, 0.15) is 11.6 Å². The molecular weight excluding hydrogens is 234 g/mol. The Hall–Kier alpha value is -1.68. The van der Waals surface area contributed by atoms with E-state index in [4.69, 9.17) is 17.3 Å². The zero-order chi connectivity index (χ0) is 11.7. The van der Waals surface area contributed by atoms with Crippen molar-refractivity contribution >= 4 is 17.3 Å². The van der Waals surface area contributed by atoms with Gasteiger partial charge in [0.05, 0.1) is 22.6 Å². The van der Waals surface area contributed by atoms with Crippen molar-refractivity contribution in [1.29, 1.82) is 0 Å². The largest absolute Gasteiger partial charge is 0.397 e. The van der Waals surface area contributed by atoms with E-state index in [1.54, 1.807) is 0 Å². The number of rotatable bonds is 1. The Labute approximate surface area is 95.7 Å². The number of anilines is 1. The first kappa shape index (κ1) is 10.8. The highest BCUT2D eigenvalue weighted by atomic mass is 35.5. The molecule has 2 nitrogen and oxygen atoms in total. The summed E-state index contributed by atoms with van der Waals surface area (Å²) in [7, 11) is 0. The number of nitrogen functional groups attached to an aromatic ring is 1. The van der Waals surface area contributed by atoms with E-state index in [1.165, 1.54) is 12.3 Å². The van der Waals surface area contributed by atoms with E-state index in [0.29, 0.717) is 11.4 Å². The SMILES string of the molecule is Nc1cnc(-c2cc(F)cc(F)c2)c(Cl)c1. The van der Waals surface area contributed by atoms with Crippen LogP contribution in [0.1, 0.15) is 0 Å². The molecular formula is C11H7ClF2N2. The summed E-state index contributed by atoms with van der Waals surface area (Å²) in [6, 6.07) is 4.59. The molecule has 0 aliphatic carbocycles. The summed E-state index contributed by atoms with van der Waals surface area (Å²) in [6.07, 6.45) is 1.38. The van der Waals surface area contributed by atoms with Gasteiger partial charge in [0.2, 0.25) is 0 Å². The maximum absolute atomic E-state index is 13.0. The van der Waals surface area contributed by atoms with Gasteiger partial charge >= 0.3 is 0 Å². The van der Waals surface area contributed by atoms with E-state index in [2.05, 4.69) is 4.98 Å². The van der Waals surface area contributed by atoms with Gasteiger partial charge in [-0.05, 0) is 18.2 Å². The van der Waals surface area contributed by atoms with Gasteiger partial charge < -0.3 is 5.73 Å². The first-order valence-electron chi connectivity index (χ1n) is 4.44. The van der Waals surface area contributed by atoms with Gasteiger partial charge in [-0.2, -0.15) is 0 Å². The Balaban J connectivity index is 2.58. The van der Waals surface area contributed by atoms with E-state index in [9.17, 15) is 8.78 Å². The summed E-state index contributed by atoms with van der Waals surface area (Å²) in [5, 5.41) is 0.255. The monoisotopic (exact) mass is 240 g/mol. The number of benzene rings is 1. The minimum atomic E-state index is -0.676. The number of nitrogens with zero attached hydrogens (tertiary/aromatic N) is 1. The van der Waals surface area contributed by atoms with Crippen molar-refractivity contribution in [3.63, 3.8) is 0 Å². The highest BCUT2D eigenvalue weighted by molar-refractivity contribution is 6.33. The quantitative estimate of drug-likeness (QED) is 0.831. The maximum Gasteiger partial charge on any atom is 0.126 e. The van der Waals surface area contributed by atoms with E-state index in [1.807, 2.05) is 0 Å². The van der Waals surface area contributed by atoms with Crippen LogP contribution in [-0.2, 0) is 0 Å². The maximum atomic E-state index is 13.0. The molecule has 0 saturated carbocycles. The van der Waals surface area contributed by atoms with Crippen LogP contribution in [0, 0.1) is 11.6 Å². The molecule has 2 rings (SSSR count). The van der Waals surface area contributed by atoms with Crippen LogP contribution in [0.2, 0.25) is 5.02 Å². The lowest BCUT2D eigenvalue weighted by atomic mass is 10.1. The average Bonchev–Trinajstić information content (AvgIpc) is 2.15. The standard InChI is InChI=1S/C11H7ClF2N2/c12-10-4-9(15)5-16-11(10)6-1-7(13)3-8(14)2-6/h1-5H,15H2. The summed E-state index contributed by atoms with van der Waals surface area (Å²) in [4.78, 5) is 3.94. The van der Waals surface area contributed by atoms with Gasteiger partial charge in [-0.15, -0.1) is 0 Å². The molecule has 5 heteroatoms. The van der Waals surface area contributed by atoms with Crippen molar-refractivity contribution in [3.05, 3.63) is 47.1 Å². The molecule has 2 N–H and O–H groups in total. The minimum absolute atomic E-state index is 0.255. The molecule has 1 aromatic heterocycles. The van der Waals surface area contributed by atoms with Gasteiger partial charge in [0.15, 0.2) is 0 Å². The van der Waals surface area contributed by atoms with Crippen molar-refractivity contribution in [2.75, 3.05) is 5.73 Å². The second kappa shape index (κ2) is 4.06. The third-order valence-corrected chi connectivity index (χ3v) is 2.29. The van der Waals surface area contributed by atoms with Gasteiger partial charge in [-0.3, -0.25) is 4.98 Å². The highest BCUT2D eigenvalue weighted by Gasteiger charge is 2.08. The molecule has 2 aromatic rings. The van der Waals surface area contributed by atoms with Gasteiger partial charge in [0, 0.05) is 11.6 Å².